The van der Waals surface area contributed by atoms with Crippen molar-refractivity contribution in [1.29, 1.82) is 5.41 Å². The van der Waals surface area contributed by atoms with E-state index in [-0.39, 0.29) is 5.84 Å². The van der Waals surface area contributed by atoms with E-state index in [9.17, 15) is 0 Å². The van der Waals surface area contributed by atoms with Gasteiger partial charge in [0, 0.05) is 24.0 Å². The van der Waals surface area contributed by atoms with Gasteiger partial charge in [-0.15, -0.1) is 0 Å². The first-order chi connectivity index (χ1) is 8.59. The van der Waals surface area contributed by atoms with Gasteiger partial charge in [-0.1, -0.05) is 29.8 Å². The molecule has 0 amide bonds. The van der Waals surface area contributed by atoms with Gasteiger partial charge in [0.15, 0.2) is 0 Å². The maximum Gasteiger partial charge on any atom is 0.124 e. The van der Waals surface area contributed by atoms with Crippen molar-refractivity contribution in [2.45, 2.75) is 0 Å². The van der Waals surface area contributed by atoms with Crippen molar-refractivity contribution >= 4 is 28.8 Å². The third-order valence-corrected chi connectivity index (χ3v) is 3.09. The zero-order valence-corrected chi connectivity index (χ0v) is 10.8. The molecule has 0 aliphatic heterocycles. The van der Waals surface area contributed by atoms with Gasteiger partial charge in [-0.3, -0.25) is 5.41 Å². The lowest BCUT2D eigenvalue weighted by molar-refractivity contribution is 1.21. The first-order valence-corrected chi connectivity index (χ1v) is 5.90. The minimum Gasteiger partial charge on any atom is -0.384 e. The lowest BCUT2D eigenvalue weighted by Gasteiger charge is -2.20. The standard InChI is InChI=1S/C14H14ClN3/c1-18(10-5-3-2-4-6-10)11-7-8-12(14(16)17)13(15)9-11/h2-9H,1H3,(H3,16,17). The monoisotopic (exact) mass is 259 g/mol. The Morgan fingerprint density at radius 2 is 1.78 bits per heavy atom. The van der Waals surface area contributed by atoms with Crippen molar-refractivity contribution in [2.75, 3.05) is 11.9 Å². The van der Waals surface area contributed by atoms with Crippen molar-refractivity contribution in [3.8, 4) is 0 Å². The molecule has 0 heterocycles. The van der Waals surface area contributed by atoms with Crippen LogP contribution in [0, 0.1) is 5.41 Å². The number of anilines is 2. The zero-order chi connectivity index (χ0) is 13.1. The molecule has 0 fully saturated rings. The number of halogens is 1. The maximum atomic E-state index is 7.40. The second-order valence-corrected chi connectivity index (χ2v) is 4.38. The van der Waals surface area contributed by atoms with Gasteiger partial charge < -0.3 is 10.6 Å². The first kappa shape index (κ1) is 12.5. The SMILES string of the molecule is CN(c1ccccc1)c1ccc(C(=N)N)c(Cl)c1. The Bertz CT molecular complexity index is 567. The van der Waals surface area contributed by atoms with E-state index in [0.717, 1.165) is 11.4 Å². The fraction of sp³-hybridized carbons (Fsp3) is 0.0714. The third-order valence-electron chi connectivity index (χ3n) is 2.77. The Morgan fingerprint density at radius 3 is 2.33 bits per heavy atom. The molecule has 0 bridgehead atoms. The molecule has 0 saturated heterocycles. The maximum absolute atomic E-state index is 7.40. The summed E-state index contributed by atoms with van der Waals surface area (Å²) in [6.07, 6.45) is 0. The molecule has 0 aliphatic rings. The van der Waals surface area contributed by atoms with Crippen molar-refractivity contribution in [3.63, 3.8) is 0 Å². The largest absolute Gasteiger partial charge is 0.384 e. The predicted molar refractivity (Wildman–Crippen MR) is 77.0 cm³/mol. The van der Waals surface area contributed by atoms with Gasteiger partial charge in [0.05, 0.1) is 5.02 Å². The molecule has 3 nitrogen and oxygen atoms in total. The predicted octanol–water partition coefficient (Wildman–Crippen LogP) is 3.39. The smallest absolute Gasteiger partial charge is 0.124 e. The number of amidine groups is 1. The van der Waals surface area contributed by atoms with Gasteiger partial charge in [-0.2, -0.15) is 0 Å². The highest BCUT2D eigenvalue weighted by Gasteiger charge is 2.08. The highest BCUT2D eigenvalue weighted by atomic mass is 35.5. The zero-order valence-electron chi connectivity index (χ0n) is 10.0. The summed E-state index contributed by atoms with van der Waals surface area (Å²) in [5.41, 5.74) is 8.02. The van der Waals surface area contributed by atoms with Gasteiger partial charge in [0.2, 0.25) is 0 Å². The van der Waals surface area contributed by atoms with Gasteiger partial charge in [-0.25, -0.2) is 0 Å². The van der Waals surface area contributed by atoms with E-state index >= 15 is 0 Å². The molecule has 2 rings (SSSR count). The third kappa shape index (κ3) is 2.46. The average Bonchev–Trinajstić information content (AvgIpc) is 2.38. The Kier molecular flexibility index (Phi) is 3.53. The van der Waals surface area contributed by atoms with Crippen molar-refractivity contribution in [2.24, 2.45) is 5.73 Å². The molecule has 3 N–H and O–H groups in total. The van der Waals surface area contributed by atoms with Gasteiger partial charge in [0.1, 0.15) is 5.84 Å². The minimum atomic E-state index is -0.0195. The van der Waals surface area contributed by atoms with Crippen LogP contribution in [0.5, 0.6) is 0 Å². The number of rotatable bonds is 3. The summed E-state index contributed by atoms with van der Waals surface area (Å²) in [6.45, 7) is 0. The fourth-order valence-electron chi connectivity index (χ4n) is 1.73. The number of hydrogen-bond acceptors (Lipinski definition) is 2. The van der Waals surface area contributed by atoms with E-state index in [0.29, 0.717) is 10.6 Å². The number of nitrogens with one attached hydrogen (secondary N) is 1. The van der Waals surface area contributed by atoms with E-state index in [2.05, 4.69) is 0 Å². The van der Waals surface area contributed by atoms with Crippen LogP contribution in [-0.2, 0) is 0 Å². The highest BCUT2D eigenvalue weighted by molar-refractivity contribution is 6.34. The molecule has 0 aromatic heterocycles. The molecule has 2 aromatic carbocycles. The Balaban J connectivity index is 2.35. The van der Waals surface area contributed by atoms with E-state index < -0.39 is 0 Å². The van der Waals surface area contributed by atoms with Crippen molar-refractivity contribution < 1.29 is 0 Å². The quantitative estimate of drug-likeness (QED) is 0.656. The summed E-state index contributed by atoms with van der Waals surface area (Å²) < 4.78 is 0. The molecule has 0 unspecified atom stereocenters. The van der Waals surface area contributed by atoms with Crippen molar-refractivity contribution in [1.82, 2.24) is 0 Å². The average molecular weight is 260 g/mol. The summed E-state index contributed by atoms with van der Waals surface area (Å²) in [4.78, 5) is 2.02. The number of hydrogen-bond donors (Lipinski definition) is 2. The van der Waals surface area contributed by atoms with Gasteiger partial charge >= 0.3 is 0 Å². The minimum absolute atomic E-state index is 0.0195. The molecule has 0 atom stereocenters. The Labute approximate surface area is 111 Å². The van der Waals surface area contributed by atoms with Crippen LogP contribution in [0.4, 0.5) is 11.4 Å². The fourth-order valence-corrected chi connectivity index (χ4v) is 2.01. The molecule has 18 heavy (non-hydrogen) atoms. The van der Waals surface area contributed by atoms with Crippen LogP contribution >= 0.6 is 11.6 Å². The topological polar surface area (TPSA) is 53.1 Å². The molecular formula is C14H14ClN3. The van der Waals surface area contributed by atoms with Crippen LogP contribution in [0.3, 0.4) is 0 Å². The lowest BCUT2D eigenvalue weighted by atomic mass is 10.1. The Hall–Kier alpha value is -2.00. The van der Waals surface area contributed by atoms with E-state index in [4.69, 9.17) is 22.7 Å². The number of nitrogens with zero attached hydrogens (tertiary/aromatic N) is 1. The van der Waals surface area contributed by atoms with Crippen LogP contribution in [0.1, 0.15) is 5.56 Å². The van der Waals surface area contributed by atoms with E-state index in [1.165, 1.54) is 0 Å². The second-order valence-electron chi connectivity index (χ2n) is 3.97. The van der Waals surface area contributed by atoms with Crippen LogP contribution in [0.2, 0.25) is 5.02 Å². The molecule has 0 spiro atoms. The summed E-state index contributed by atoms with van der Waals surface area (Å²) in [6, 6.07) is 15.5. The van der Waals surface area contributed by atoms with Crippen molar-refractivity contribution in [3.05, 3.63) is 59.1 Å². The van der Waals surface area contributed by atoms with E-state index in [1.54, 1.807) is 6.07 Å². The van der Waals surface area contributed by atoms with Crippen LogP contribution in [0.25, 0.3) is 0 Å². The normalized spacial score (nSPS) is 10.1. The Morgan fingerprint density at radius 1 is 1.11 bits per heavy atom. The first-order valence-electron chi connectivity index (χ1n) is 5.52. The van der Waals surface area contributed by atoms with Crippen LogP contribution in [0.15, 0.2) is 48.5 Å². The molecule has 0 aliphatic carbocycles. The van der Waals surface area contributed by atoms with Crippen LogP contribution < -0.4 is 10.6 Å². The molecule has 2 aromatic rings. The van der Waals surface area contributed by atoms with Crippen LogP contribution in [-0.4, -0.2) is 12.9 Å². The highest BCUT2D eigenvalue weighted by Crippen LogP contribution is 2.27. The number of para-hydroxylation sites is 1. The lowest BCUT2D eigenvalue weighted by Crippen LogP contribution is -2.13. The summed E-state index contributed by atoms with van der Waals surface area (Å²) >= 11 is 6.11. The summed E-state index contributed by atoms with van der Waals surface area (Å²) in [5, 5.41) is 7.89. The van der Waals surface area contributed by atoms with Gasteiger partial charge in [-0.05, 0) is 30.3 Å². The molecule has 92 valence electrons. The van der Waals surface area contributed by atoms with Gasteiger partial charge in [0.25, 0.3) is 0 Å². The molecule has 0 saturated carbocycles. The number of benzene rings is 2. The van der Waals surface area contributed by atoms with E-state index in [1.807, 2.05) is 54.4 Å². The number of nitrogens with two attached hydrogens (primary N) is 1. The molecular weight excluding hydrogens is 246 g/mol. The molecule has 0 radical (unpaired) electrons. The molecule has 4 heteroatoms. The second kappa shape index (κ2) is 5.10. The number of nitrogen functional groups attached to an aromatic ring is 1. The summed E-state index contributed by atoms with van der Waals surface area (Å²) in [5.74, 6) is -0.0195. The summed E-state index contributed by atoms with van der Waals surface area (Å²) in [7, 11) is 1.97.